The molecule has 0 amide bonds. The molecule has 0 aliphatic heterocycles. The summed E-state index contributed by atoms with van der Waals surface area (Å²) in [6.07, 6.45) is 1.36. The van der Waals surface area contributed by atoms with E-state index in [1.54, 1.807) is 7.11 Å². The summed E-state index contributed by atoms with van der Waals surface area (Å²) in [6.45, 7) is 11.1. The predicted molar refractivity (Wildman–Crippen MR) is 64.2 cm³/mol. The molecule has 0 fully saturated rings. The maximum Gasteiger partial charge on any atom is 0.0769 e. The van der Waals surface area contributed by atoms with E-state index in [0.29, 0.717) is 12.0 Å². The van der Waals surface area contributed by atoms with E-state index in [9.17, 15) is 0 Å². The maximum absolute atomic E-state index is 5.53. The molecule has 0 aliphatic rings. The number of hydrogen-bond donors (Lipinski definition) is 1. The summed E-state index contributed by atoms with van der Waals surface area (Å²) in [4.78, 5) is 0. The fraction of sp³-hybridized carbons (Fsp3) is 1.00. The first-order chi connectivity index (χ1) is 7.17. The van der Waals surface area contributed by atoms with Crippen LogP contribution in [-0.2, 0) is 9.47 Å². The quantitative estimate of drug-likeness (QED) is 0.641. The first kappa shape index (κ1) is 14.9. The molecule has 0 rings (SSSR count). The van der Waals surface area contributed by atoms with Crippen molar-refractivity contribution in [1.82, 2.24) is 5.32 Å². The second-order valence-corrected chi connectivity index (χ2v) is 4.16. The van der Waals surface area contributed by atoms with Crippen LogP contribution >= 0.6 is 0 Å². The van der Waals surface area contributed by atoms with Crippen molar-refractivity contribution in [3.63, 3.8) is 0 Å². The summed E-state index contributed by atoms with van der Waals surface area (Å²) in [6, 6.07) is 0.301. The average Bonchev–Trinajstić information content (AvgIpc) is 2.21. The topological polar surface area (TPSA) is 30.5 Å². The van der Waals surface area contributed by atoms with Crippen LogP contribution in [0.25, 0.3) is 0 Å². The molecule has 2 unspecified atom stereocenters. The lowest BCUT2D eigenvalue weighted by molar-refractivity contribution is -0.000618. The van der Waals surface area contributed by atoms with Gasteiger partial charge in [0.1, 0.15) is 0 Å². The minimum Gasteiger partial charge on any atom is -0.380 e. The Morgan fingerprint density at radius 1 is 1.20 bits per heavy atom. The molecule has 0 heterocycles. The molecule has 0 radical (unpaired) electrons. The van der Waals surface area contributed by atoms with Gasteiger partial charge in [0.2, 0.25) is 0 Å². The number of ether oxygens (including phenoxy) is 2. The molecule has 0 bridgehead atoms. The molecule has 0 aliphatic carbocycles. The molecule has 0 aromatic rings. The summed E-state index contributed by atoms with van der Waals surface area (Å²) in [7, 11) is 1.78. The largest absolute Gasteiger partial charge is 0.380 e. The van der Waals surface area contributed by atoms with Crippen LogP contribution in [-0.4, -0.2) is 39.0 Å². The second kappa shape index (κ2) is 9.13. The summed E-state index contributed by atoms with van der Waals surface area (Å²) in [5.41, 5.74) is 0. The zero-order valence-corrected chi connectivity index (χ0v) is 10.9. The van der Waals surface area contributed by atoms with Crippen molar-refractivity contribution < 1.29 is 9.47 Å². The van der Waals surface area contributed by atoms with Crippen LogP contribution < -0.4 is 5.32 Å². The second-order valence-electron chi connectivity index (χ2n) is 4.16. The van der Waals surface area contributed by atoms with Gasteiger partial charge < -0.3 is 14.8 Å². The van der Waals surface area contributed by atoms with Gasteiger partial charge in [-0.05, 0) is 25.8 Å². The molecular formula is C12H27NO2. The highest BCUT2D eigenvalue weighted by Gasteiger charge is 2.23. The Labute approximate surface area is 94.5 Å². The van der Waals surface area contributed by atoms with E-state index in [2.05, 4.69) is 26.1 Å². The lowest BCUT2D eigenvalue weighted by Gasteiger charge is -2.29. The van der Waals surface area contributed by atoms with Crippen LogP contribution in [0.3, 0.4) is 0 Å². The molecule has 3 nitrogen and oxygen atoms in total. The minimum absolute atomic E-state index is 0.225. The Bertz CT molecular complexity index is 132. The zero-order valence-electron chi connectivity index (χ0n) is 10.9. The molecule has 1 N–H and O–H groups in total. The Hall–Kier alpha value is -0.120. The summed E-state index contributed by atoms with van der Waals surface area (Å²) >= 11 is 0. The molecule has 2 atom stereocenters. The van der Waals surface area contributed by atoms with Crippen molar-refractivity contribution in [2.75, 3.05) is 26.9 Å². The molecule has 0 aromatic carbocycles. The van der Waals surface area contributed by atoms with Gasteiger partial charge in [-0.1, -0.05) is 20.8 Å². The minimum atomic E-state index is 0.225. The van der Waals surface area contributed by atoms with Crippen molar-refractivity contribution in [1.29, 1.82) is 0 Å². The standard InChI is InChI=1S/C12H27NO2/c1-6-8-13-11(9-15-7-2)12(14-5)10(3)4/h10-13H,6-9H2,1-5H3. The van der Waals surface area contributed by atoms with Crippen LogP contribution in [0.15, 0.2) is 0 Å². The van der Waals surface area contributed by atoms with Gasteiger partial charge in [-0.15, -0.1) is 0 Å². The first-order valence-electron chi connectivity index (χ1n) is 6.01. The lowest BCUT2D eigenvalue weighted by Crippen LogP contribution is -2.47. The van der Waals surface area contributed by atoms with E-state index in [-0.39, 0.29) is 6.10 Å². The highest BCUT2D eigenvalue weighted by Crippen LogP contribution is 2.11. The van der Waals surface area contributed by atoms with Crippen molar-refractivity contribution in [2.45, 2.75) is 46.3 Å². The van der Waals surface area contributed by atoms with E-state index in [0.717, 1.165) is 26.2 Å². The Morgan fingerprint density at radius 2 is 1.87 bits per heavy atom. The van der Waals surface area contributed by atoms with Gasteiger partial charge in [-0.25, -0.2) is 0 Å². The van der Waals surface area contributed by atoms with Crippen LogP contribution in [0.2, 0.25) is 0 Å². The van der Waals surface area contributed by atoms with Crippen LogP contribution in [0.5, 0.6) is 0 Å². The smallest absolute Gasteiger partial charge is 0.0769 e. The van der Waals surface area contributed by atoms with Crippen LogP contribution in [0.1, 0.15) is 34.1 Å². The van der Waals surface area contributed by atoms with Crippen LogP contribution in [0.4, 0.5) is 0 Å². The lowest BCUT2D eigenvalue weighted by atomic mass is 10.00. The normalized spacial score (nSPS) is 15.6. The van der Waals surface area contributed by atoms with Crippen molar-refractivity contribution in [2.24, 2.45) is 5.92 Å². The van der Waals surface area contributed by atoms with Gasteiger partial charge in [-0.2, -0.15) is 0 Å². The third-order valence-corrected chi connectivity index (χ3v) is 2.48. The fourth-order valence-electron chi connectivity index (χ4n) is 1.75. The fourth-order valence-corrected chi connectivity index (χ4v) is 1.75. The van der Waals surface area contributed by atoms with Gasteiger partial charge in [0.15, 0.2) is 0 Å². The molecule has 92 valence electrons. The van der Waals surface area contributed by atoms with Crippen molar-refractivity contribution >= 4 is 0 Å². The number of hydrogen-bond acceptors (Lipinski definition) is 3. The van der Waals surface area contributed by atoms with E-state index < -0.39 is 0 Å². The molecule has 0 saturated heterocycles. The van der Waals surface area contributed by atoms with E-state index in [1.165, 1.54) is 0 Å². The summed E-state index contributed by atoms with van der Waals surface area (Å²) < 4.78 is 11.0. The summed E-state index contributed by atoms with van der Waals surface area (Å²) in [5.74, 6) is 0.504. The molecule has 0 saturated carbocycles. The molecule has 15 heavy (non-hydrogen) atoms. The van der Waals surface area contributed by atoms with Gasteiger partial charge in [-0.3, -0.25) is 0 Å². The number of nitrogens with one attached hydrogen (secondary N) is 1. The van der Waals surface area contributed by atoms with Crippen molar-refractivity contribution in [3.8, 4) is 0 Å². The zero-order chi connectivity index (χ0) is 11.7. The Morgan fingerprint density at radius 3 is 2.27 bits per heavy atom. The summed E-state index contributed by atoms with van der Waals surface area (Å²) in [5, 5.41) is 3.49. The Kier molecular flexibility index (Phi) is 9.06. The maximum atomic E-state index is 5.53. The van der Waals surface area contributed by atoms with Gasteiger partial charge in [0.25, 0.3) is 0 Å². The average molecular weight is 217 g/mol. The predicted octanol–water partition coefficient (Wildman–Crippen LogP) is 2.06. The molecule has 0 aromatic heterocycles. The van der Waals surface area contributed by atoms with Gasteiger partial charge >= 0.3 is 0 Å². The highest BCUT2D eigenvalue weighted by atomic mass is 16.5. The third kappa shape index (κ3) is 6.13. The Balaban J connectivity index is 4.15. The molecular weight excluding hydrogens is 190 g/mol. The highest BCUT2D eigenvalue weighted by molar-refractivity contribution is 4.79. The number of rotatable bonds is 9. The van der Waals surface area contributed by atoms with E-state index >= 15 is 0 Å². The van der Waals surface area contributed by atoms with E-state index in [1.807, 2.05) is 6.92 Å². The monoisotopic (exact) mass is 217 g/mol. The first-order valence-corrected chi connectivity index (χ1v) is 6.01. The van der Waals surface area contributed by atoms with Crippen LogP contribution in [0, 0.1) is 5.92 Å². The third-order valence-electron chi connectivity index (χ3n) is 2.48. The van der Waals surface area contributed by atoms with Gasteiger partial charge in [0, 0.05) is 13.7 Å². The van der Waals surface area contributed by atoms with E-state index in [4.69, 9.17) is 9.47 Å². The van der Waals surface area contributed by atoms with Crippen molar-refractivity contribution in [3.05, 3.63) is 0 Å². The molecule has 3 heteroatoms. The SMILES string of the molecule is CCCNC(COCC)C(OC)C(C)C. The van der Waals surface area contributed by atoms with Gasteiger partial charge in [0.05, 0.1) is 18.8 Å². The molecule has 0 spiro atoms. The number of methoxy groups -OCH3 is 1.